The third-order valence-electron chi connectivity index (χ3n) is 4.86. The molecule has 0 aromatic heterocycles. The minimum Gasteiger partial charge on any atom is -0.298 e. The summed E-state index contributed by atoms with van der Waals surface area (Å²) in [5, 5.41) is 0. The summed E-state index contributed by atoms with van der Waals surface area (Å²) in [5.41, 5.74) is 0.296. The molecule has 0 bridgehead atoms. The molecule has 0 radical (unpaired) electrons. The monoisotopic (exact) mass is 194 g/mol. The van der Waals surface area contributed by atoms with Crippen LogP contribution in [0.4, 0.5) is 0 Å². The van der Waals surface area contributed by atoms with E-state index in [0.717, 1.165) is 0 Å². The standard InChI is InChI=1S/C13H22O/c1-8-12(10(2,3)4)9(14)13(8,12)11(5,6)7/h8H,1-7H3/t8?,12-,13+. The third-order valence-corrected chi connectivity index (χ3v) is 4.86. The molecule has 0 heterocycles. The van der Waals surface area contributed by atoms with Crippen LogP contribution in [0.1, 0.15) is 48.5 Å². The van der Waals surface area contributed by atoms with Crippen molar-refractivity contribution < 1.29 is 4.79 Å². The molecule has 2 saturated carbocycles. The predicted molar refractivity (Wildman–Crippen MR) is 57.9 cm³/mol. The molecule has 0 saturated heterocycles. The molecule has 0 amide bonds. The van der Waals surface area contributed by atoms with Crippen LogP contribution >= 0.6 is 0 Å². The molecule has 1 unspecified atom stereocenters. The fourth-order valence-electron chi connectivity index (χ4n) is 4.55. The van der Waals surface area contributed by atoms with Crippen molar-refractivity contribution in [1.29, 1.82) is 0 Å². The van der Waals surface area contributed by atoms with Crippen molar-refractivity contribution in [3.63, 3.8) is 0 Å². The Labute approximate surface area is 87.3 Å². The minimum absolute atomic E-state index is 0.0122. The quantitative estimate of drug-likeness (QED) is 0.578. The first-order valence-corrected chi connectivity index (χ1v) is 5.61. The number of fused-ring (bicyclic) bond motifs is 1. The van der Waals surface area contributed by atoms with Crippen molar-refractivity contribution in [2.24, 2.45) is 27.6 Å². The summed E-state index contributed by atoms with van der Waals surface area (Å²) in [6, 6.07) is 0. The van der Waals surface area contributed by atoms with E-state index in [4.69, 9.17) is 0 Å². The molecular weight excluding hydrogens is 172 g/mol. The Kier molecular flexibility index (Phi) is 1.43. The second kappa shape index (κ2) is 1.96. The molecule has 2 aliphatic rings. The van der Waals surface area contributed by atoms with E-state index < -0.39 is 0 Å². The van der Waals surface area contributed by atoms with E-state index >= 15 is 0 Å². The molecule has 1 heteroatoms. The Bertz CT molecular complexity index is 285. The van der Waals surface area contributed by atoms with Crippen LogP contribution in [0, 0.1) is 27.6 Å². The molecular formula is C13H22O. The van der Waals surface area contributed by atoms with E-state index in [1.165, 1.54) is 0 Å². The van der Waals surface area contributed by atoms with Crippen molar-refractivity contribution >= 4 is 5.78 Å². The van der Waals surface area contributed by atoms with Gasteiger partial charge in [0.15, 0.2) is 0 Å². The van der Waals surface area contributed by atoms with Gasteiger partial charge in [0, 0.05) is 0 Å². The summed E-state index contributed by atoms with van der Waals surface area (Å²) in [6.45, 7) is 15.5. The van der Waals surface area contributed by atoms with Gasteiger partial charge in [-0.25, -0.2) is 0 Å². The van der Waals surface area contributed by atoms with Gasteiger partial charge in [-0.3, -0.25) is 4.79 Å². The summed E-state index contributed by atoms with van der Waals surface area (Å²) >= 11 is 0. The lowest BCUT2D eigenvalue weighted by molar-refractivity contribution is -0.122. The van der Waals surface area contributed by atoms with Crippen LogP contribution < -0.4 is 0 Å². The first kappa shape index (κ1) is 10.2. The smallest absolute Gasteiger partial charge is 0.148 e. The average Bonchev–Trinajstić information content (AvgIpc) is 2.69. The Balaban J connectivity index is 2.44. The highest BCUT2D eigenvalue weighted by Crippen LogP contribution is 2.96. The van der Waals surface area contributed by atoms with Gasteiger partial charge in [0.1, 0.15) is 5.78 Å². The maximum absolute atomic E-state index is 12.1. The molecule has 0 aromatic carbocycles. The van der Waals surface area contributed by atoms with Crippen LogP contribution in [0.5, 0.6) is 0 Å². The zero-order valence-electron chi connectivity index (χ0n) is 10.5. The van der Waals surface area contributed by atoms with Gasteiger partial charge in [-0.05, 0) is 16.7 Å². The summed E-state index contributed by atoms with van der Waals surface area (Å²) < 4.78 is 0. The summed E-state index contributed by atoms with van der Waals surface area (Å²) in [6.07, 6.45) is 0. The number of hydrogen-bond donors (Lipinski definition) is 0. The van der Waals surface area contributed by atoms with Crippen molar-refractivity contribution in [1.82, 2.24) is 0 Å². The minimum atomic E-state index is 0.0122. The van der Waals surface area contributed by atoms with E-state index in [1.807, 2.05) is 0 Å². The van der Waals surface area contributed by atoms with Crippen LogP contribution in [-0.2, 0) is 4.79 Å². The lowest BCUT2D eigenvalue weighted by Gasteiger charge is -2.23. The highest BCUT2D eigenvalue weighted by atomic mass is 16.2. The first-order valence-electron chi connectivity index (χ1n) is 5.61. The van der Waals surface area contributed by atoms with Crippen molar-refractivity contribution in [2.75, 3.05) is 0 Å². The fourth-order valence-corrected chi connectivity index (χ4v) is 4.55. The number of rotatable bonds is 0. The molecule has 2 fully saturated rings. The highest BCUT2D eigenvalue weighted by molar-refractivity contribution is 6.18. The molecule has 14 heavy (non-hydrogen) atoms. The molecule has 1 nitrogen and oxygen atoms in total. The SMILES string of the molecule is CC1[C@]2(C(C)(C)C)C(=O)[C@]12C(C)(C)C. The van der Waals surface area contributed by atoms with Gasteiger partial charge in [-0.2, -0.15) is 0 Å². The van der Waals surface area contributed by atoms with E-state index in [0.29, 0.717) is 11.7 Å². The second-order valence-corrected chi connectivity index (χ2v) is 7.17. The highest BCUT2D eigenvalue weighted by Gasteiger charge is 3.02. The zero-order chi connectivity index (χ0) is 11.2. The normalized spacial score (nSPS) is 46.2. The Hall–Kier alpha value is -0.330. The number of Topliss-reactive ketones (excluding diaryl/α,β-unsaturated/α-hetero) is 1. The third kappa shape index (κ3) is 0.610. The van der Waals surface area contributed by atoms with Gasteiger partial charge < -0.3 is 0 Å². The number of ketones is 1. The van der Waals surface area contributed by atoms with Gasteiger partial charge in [-0.15, -0.1) is 0 Å². The zero-order valence-corrected chi connectivity index (χ0v) is 10.5. The molecule has 0 spiro atoms. The fraction of sp³-hybridized carbons (Fsp3) is 0.923. The lowest BCUT2D eigenvalue weighted by Crippen LogP contribution is -2.25. The molecule has 2 aliphatic carbocycles. The van der Waals surface area contributed by atoms with Gasteiger partial charge in [0.25, 0.3) is 0 Å². The number of carbonyl (C=O) groups excluding carboxylic acids is 1. The van der Waals surface area contributed by atoms with E-state index in [1.54, 1.807) is 0 Å². The van der Waals surface area contributed by atoms with Crippen LogP contribution in [0.25, 0.3) is 0 Å². The summed E-state index contributed by atoms with van der Waals surface area (Å²) in [7, 11) is 0. The average molecular weight is 194 g/mol. The van der Waals surface area contributed by atoms with Crippen molar-refractivity contribution in [2.45, 2.75) is 48.5 Å². The van der Waals surface area contributed by atoms with Crippen LogP contribution in [0.3, 0.4) is 0 Å². The molecule has 0 N–H and O–H groups in total. The molecule has 0 aromatic rings. The number of carbonyl (C=O) groups is 1. The Morgan fingerprint density at radius 3 is 1.29 bits per heavy atom. The molecule has 3 atom stereocenters. The van der Waals surface area contributed by atoms with E-state index in [9.17, 15) is 4.79 Å². The summed E-state index contributed by atoms with van der Waals surface area (Å²) in [5.74, 6) is 1.11. The largest absolute Gasteiger partial charge is 0.298 e. The lowest BCUT2D eigenvalue weighted by atomic mass is 9.79. The van der Waals surface area contributed by atoms with Gasteiger partial charge in [0.2, 0.25) is 0 Å². The Morgan fingerprint density at radius 2 is 1.21 bits per heavy atom. The first-order chi connectivity index (χ1) is 6.06. The maximum atomic E-state index is 12.1. The molecule has 2 rings (SSSR count). The van der Waals surface area contributed by atoms with Crippen LogP contribution in [0.2, 0.25) is 0 Å². The van der Waals surface area contributed by atoms with E-state index in [-0.39, 0.29) is 21.7 Å². The van der Waals surface area contributed by atoms with Crippen LogP contribution in [-0.4, -0.2) is 5.78 Å². The topological polar surface area (TPSA) is 17.1 Å². The Morgan fingerprint density at radius 1 is 0.929 bits per heavy atom. The van der Waals surface area contributed by atoms with Crippen LogP contribution in [0.15, 0.2) is 0 Å². The van der Waals surface area contributed by atoms with Crippen molar-refractivity contribution in [3.8, 4) is 0 Å². The summed E-state index contributed by atoms with van der Waals surface area (Å²) in [4.78, 5) is 12.1. The van der Waals surface area contributed by atoms with Gasteiger partial charge in [0.05, 0.1) is 10.8 Å². The van der Waals surface area contributed by atoms with Crippen molar-refractivity contribution in [3.05, 3.63) is 0 Å². The molecule has 80 valence electrons. The maximum Gasteiger partial charge on any atom is 0.148 e. The molecule has 0 aliphatic heterocycles. The predicted octanol–water partition coefficient (Wildman–Crippen LogP) is 3.28. The van der Waals surface area contributed by atoms with Gasteiger partial charge in [-0.1, -0.05) is 48.5 Å². The second-order valence-electron chi connectivity index (χ2n) is 7.17. The van der Waals surface area contributed by atoms with E-state index in [2.05, 4.69) is 48.5 Å². The van der Waals surface area contributed by atoms with Gasteiger partial charge >= 0.3 is 0 Å². The number of hydrogen-bond acceptors (Lipinski definition) is 1.